The Morgan fingerprint density at radius 1 is 0.875 bits per heavy atom. The van der Waals surface area contributed by atoms with Gasteiger partial charge >= 0.3 is 0 Å². The van der Waals surface area contributed by atoms with Crippen LogP contribution in [-0.2, 0) is 11.1 Å². The molecule has 3 heteroatoms. The van der Waals surface area contributed by atoms with Crippen LogP contribution in [0.3, 0.4) is 0 Å². The highest BCUT2D eigenvalue weighted by Crippen LogP contribution is 2.22. The summed E-state index contributed by atoms with van der Waals surface area (Å²) >= 11 is -1.27. The first-order valence-electron chi connectivity index (χ1n) is 4.93. The van der Waals surface area contributed by atoms with Crippen molar-refractivity contribution in [2.45, 2.75) is 0 Å². The van der Waals surface area contributed by atoms with Crippen molar-refractivity contribution < 1.29 is 8.39 Å². The summed E-state index contributed by atoms with van der Waals surface area (Å²) in [6.07, 6.45) is 1.51. The summed E-state index contributed by atoms with van der Waals surface area (Å²) in [4.78, 5) is 0. The third kappa shape index (κ3) is 2.70. The molecular formula is C13H12O2S. The number of hydrogen-bond acceptors (Lipinski definition) is 2. The minimum Gasteiger partial charge on any atom is -0.401 e. The predicted octanol–water partition coefficient (Wildman–Crippen LogP) is 3.03. The van der Waals surface area contributed by atoms with Gasteiger partial charge in [-0.2, -0.15) is 0 Å². The monoisotopic (exact) mass is 232 g/mol. The smallest absolute Gasteiger partial charge is 0.203 e. The van der Waals surface area contributed by atoms with Gasteiger partial charge in [-0.15, -0.1) is 0 Å². The van der Waals surface area contributed by atoms with Crippen LogP contribution in [0.4, 0.5) is 0 Å². The van der Waals surface area contributed by atoms with Gasteiger partial charge in [-0.3, -0.25) is 0 Å². The second-order valence-electron chi connectivity index (χ2n) is 3.38. The summed E-state index contributed by atoms with van der Waals surface area (Å²) in [5.74, 6) is 0.625. The lowest BCUT2D eigenvalue weighted by Gasteiger charge is -2.03. The molecule has 0 N–H and O–H groups in total. The highest BCUT2D eigenvalue weighted by Gasteiger charge is 1.99. The lowest BCUT2D eigenvalue weighted by molar-refractivity contribution is 0.568. The van der Waals surface area contributed by atoms with Gasteiger partial charge in [-0.1, -0.05) is 42.5 Å². The van der Waals surface area contributed by atoms with Crippen molar-refractivity contribution in [2.24, 2.45) is 0 Å². The van der Waals surface area contributed by atoms with Gasteiger partial charge in [0.25, 0.3) is 0 Å². The van der Waals surface area contributed by atoms with Gasteiger partial charge in [-0.25, -0.2) is 4.21 Å². The molecule has 0 amide bonds. The molecule has 0 heterocycles. The number of benzene rings is 2. The highest BCUT2D eigenvalue weighted by molar-refractivity contribution is 7.79. The van der Waals surface area contributed by atoms with E-state index in [4.69, 9.17) is 4.18 Å². The molecule has 0 aliphatic heterocycles. The Labute approximate surface area is 97.6 Å². The van der Waals surface area contributed by atoms with Crippen molar-refractivity contribution in [3.05, 3.63) is 54.6 Å². The van der Waals surface area contributed by atoms with Gasteiger partial charge in [0.2, 0.25) is 11.1 Å². The molecule has 82 valence electrons. The zero-order valence-corrected chi connectivity index (χ0v) is 9.74. The maximum Gasteiger partial charge on any atom is 0.203 e. The highest BCUT2D eigenvalue weighted by atomic mass is 32.2. The van der Waals surface area contributed by atoms with E-state index in [1.54, 1.807) is 0 Å². The van der Waals surface area contributed by atoms with Crippen molar-refractivity contribution >= 4 is 11.1 Å². The van der Waals surface area contributed by atoms with Gasteiger partial charge in [0.05, 0.1) is 0 Å². The first kappa shape index (κ1) is 10.9. The Bertz CT molecular complexity index is 477. The van der Waals surface area contributed by atoms with E-state index in [2.05, 4.69) is 0 Å². The average Bonchev–Trinajstić information content (AvgIpc) is 2.30. The van der Waals surface area contributed by atoms with Crippen molar-refractivity contribution in [2.75, 3.05) is 6.26 Å². The van der Waals surface area contributed by atoms with Gasteiger partial charge < -0.3 is 4.18 Å². The van der Waals surface area contributed by atoms with E-state index in [1.165, 1.54) is 6.26 Å². The molecule has 0 fully saturated rings. The van der Waals surface area contributed by atoms with E-state index in [9.17, 15) is 4.21 Å². The Morgan fingerprint density at radius 2 is 1.44 bits per heavy atom. The summed E-state index contributed by atoms with van der Waals surface area (Å²) in [5, 5.41) is 0. The summed E-state index contributed by atoms with van der Waals surface area (Å²) in [7, 11) is 0. The third-order valence-corrected chi connectivity index (χ3v) is 2.60. The van der Waals surface area contributed by atoms with Crippen molar-refractivity contribution in [1.82, 2.24) is 0 Å². The van der Waals surface area contributed by atoms with E-state index < -0.39 is 11.1 Å². The van der Waals surface area contributed by atoms with Crippen LogP contribution in [0.1, 0.15) is 0 Å². The largest absolute Gasteiger partial charge is 0.401 e. The maximum atomic E-state index is 10.9. The summed E-state index contributed by atoms with van der Waals surface area (Å²) < 4.78 is 15.9. The lowest BCUT2D eigenvalue weighted by Crippen LogP contribution is -1.95. The van der Waals surface area contributed by atoms with Crippen molar-refractivity contribution in [3.8, 4) is 16.9 Å². The van der Waals surface area contributed by atoms with E-state index >= 15 is 0 Å². The third-order valence-electron chi connectivity index (χ3n) is 2.18. The second kappa shape index (κ2) is 4.94. The fourth-order valence-corrected chi connectivity index (χ4v) is 1.85. The molecule has 0 saturated carbocycles. The summed E-state index contributed by atoms with van der Waals surface area (Å²) in [6, 6.07) is 17.6. The molecule has 0 radical (unpaired) electrons. The Morgan fingerprint density at radius 3 is 2.00 bits per heavy atom. The molecule has 2 aromatic rings. The lowest BCUT2D eigenvalue weighted by atomic mass is 10.1. The number of rotatable bonds is 3. The Kier molecular flexibility index (Phi) is 3.37. The first-order valence-corrected chi connectivity index (χ1v) is 6.41. The minimum absolute atomic E-state index is 0.625. The molecule has 2 aromatic carbocycles. The molecule has 0 saturated heterocycles. The van der Waals surface area contributed by atoms with Crippen LogP contribution in [0, 0.1) is 0 Å². The summed E-state index contributed by atoms with van der Waals surface area (Å²) in [5.41, 5.74) is 2.28. The molecule has 0 spiro atoms. The van der Waals surface area contributed by atoms with Gasteiger partial charge in [0.15, 0.2) is 0 Å². The van der Waals surface area contributed by atoms with E-state index in [0.29, 0.717) is 5.75 Å². The quantitative estimate of drug-likeness (QED) is 0.813. The molecule has 1 unspecified atom stereocenters. The van der Waals surface area contributed by atoms with Crippen molar-refractivity contribution in [1.29, 1.82) is 0 Å². The van der Waals surface area contributed by atoms with Crippen LogP contribution in [0.15, 0.2) is 54.6 Å². The minimum atomic E-state index is -1.27. The van der Waals surface area contributed by atoms with Gasteiger partial charge in [0, 0.05) is 6.26 Å². The first-order chi connectivity index (χ1) is 7.75. The SMILES string of the molecule is CS(=O)Oc1ccc(-c2ccccc2)cc1. The van der Waals surface area contributed by atoms with Crippen LogP contribution in [0.25, 0.3) is 11.1 Å². The molecule has 16 heavy (non-hydrogen) atoms. The Balaban J connectivity index is 2.23. The normalized spacial score (nSPS) is 12.1. The standard InChI is InChI=1S/C13H12O2S/c1-16(14)15-13-9-7-12(8-10-13)11-5-3-2-4-6-11/h2-10H,1H3. The summed E-state index contributed by atoms with van der Waals surface area (Å²) in [6.45, 7) is 0. The van der Waals surface area contributed by atoms with Crippen LogP contribution in [0.5, 0.6) is 5.75 Å². The molecule has 0 aliphatic rings. The topological polar surface area (TPSA) is 26.3 Å². The number of hydrogen-bond donors (Lipinski definition) is 0. The maximum absolute atomic E-state index is 10.9. The van der Waals surface area contributed by atoms with E-state index in [1.807, 2.05) is 54.6 Å². The molecule has 2 rings (SSSR count). The fraction of sp³-hybridized carbons (Fsp3) is 0.0769. The van der Waals surface area contributed by atoms with Gasteiger partial charge in [0.1, 0.15) is 5.75 Å². The van der Waals surface area contributed by atoms with Crippen LogP contribution < -0.4 is 4.18 Å². The molecule has 0 bridgehead atoms. The zero-order chi connectivity index (χ0) is 11.4. The van der Waals surface area contributed by atoms with Crippen LogP contribution in [0.2, 0.25) is 0 Å². The molecule has 2 nitrogen and oxygen atoms in total. The second-order valence-corrected chi connectivity index (χ2v) is 4.34. The van der Waals surface area contributed by atoms with Crippen molar-refractivity contribution in [3.63, 3.8) is 0 Å². The van der Waals surface area contributed by atoms with Crippen LogP contribution >= 0.6 is 0 Å². The van der Waals surface area contributed by atoms with E-state index in [-0.39, 0.29) is 0 Å². The molecule has 0 aliphatic carbocycles. The molecule has 0 aromatic heterocycles. The zero-order valence-electron chi connectivity index (χ0n) is 8.92. The molecular weight excluding hydrogens is 220 g/mol. The fourth-order valence-electron chi connectivity index (χ4n) is 1.47. The molecule has 1 atom stereocenters. The Hall–Kier alpha value is -1.61. The predicted molar refractivity (Wildman–Crippen MR) is 66.6 cm³/mol. The van der Waals surface area contributed by atoms with E-state index in [0.717, 1.165) is 11.1 Å². The van der Waals surface area contributed by atoms with Crippen LogP contribution in [-0.4, -0.2) is 10.5 Å². The van der Waals surface area contributed by atoms with Gasteiger partial charge in [-0.05, 0) is 23.3 Å². The average molecular weight is 232 g/mol.